The molecule has 4 aromatic rings. The van der Waals surface area contributed by atoms with E-state index in [1.165, 1.54) is 48.7 Å². The first-order valence-electron chi connectivity index (χ1n) is 14.8. The van der Waals surface area contributed by atoms with E-state index in [1.807, 2.05) is 0 Å². The summed E-state index contributed by atoms with van der Waals surface area (Å²) in [6.45, 7) is -0.119. The fraction of sp³-hybridized carbons (Fsp3) is 0.433. The number of sulfonamides is 1. The number of alkyl halides is 3. The van der Waals surface area contributed by atoms with Crippen molar-refractivity contribution in [1.29, 1.82) is 0 Å². The highest BCUT2D eigenvalue weighted by molar-refractivity contribution is 7.89. The number of rotatable bonds is 11. The Morgan fingerprint density at radius 2 is 1.85 bits per heavy atom. The number of carbonyl (C=O) groups is 1. The summed E-state index contributed by atoms with van der Waals surface area (Å²) in [5.74, 6) is -1.08. The number of hydrogen-bond acceptors (Lipinski definition) is 10. The van der Waals surface area contributed by atoms with Crippen LogP contribution in [0.5, 0.6) is 0 Å². The number of aryl methyl sites for hydroxylation is 1. The predicted molar refractivity (Wildman–Crippen MR) is 164 cm³/mol. The third-order valence-electron chi connectivity index (χ3n) is 8.64. The Morgan fingerprint density at radius 3 is 2.46 bits per heavy atom. The van der Waals surface area contributed by atoms with Crippen molar-refractivity contribution in [1.82, 2.24) is 33.8 Å². The van der Waals surface area contributed by atoms with Gasteiger partial charge in [0.05, 0.1) is 48.4 Å². The van der Waals surface area contributed by atoms with Crippen molar-refractivity contribution in [2.24, 2.45) is 12.5 Å². The lowest BCUT2D eigenvalue weighted by molar-refractivity contribution is -0.134. The molecule has 0 N–H and O–H groups in total. The van der Waals surface area contributed by atoms with Gasteiger partial charge in [-0.1, -0.05) is 5.57 Å². The maximum absolute atomic E-state index is 14.6. The number of benzene rings is 1. The van der Waals surface area contributed by atoms with Crippen LogP contribution < -0.4 is 0 Å². The third-order valence-corrected chi connectivity index (χ3v) is 11.5. The Bertz CT molecular complexity index is 1950. The standard InChI is InChI=1S/C30H31F4N7O5S2/c1-39-17-36-28(38-39)48(43,44)41(23(15-45-2)16-46-3)22-7-4-19-10-24-18(13-37-40(24)21-8-5-20(31)6-9-21)11-29(19,12-22)26(42)27-35-14-25(47-27)30(32,33)34/h5-6,8-10,13-14,17,22-23H,4,7,11-12,15-16H2,1-3H3/t22-,29-/m0/s1. The van der Waals surface area contributed by atoms with Crippen molar-refractivity contribution < 1.29 is 40.2 Å². The zero-order chi connectivity index (χ0) is 34.4. The fourth-order valence-electron chi connectivity index (χ4n) is 6.61. The molecule has 12 nitrogen and oxygen atoms in total. The minimum Gasteiger partial charge on any atom is -0.383 e. The van der Waals surface area contributed by atoms with Crippen LogP contribution in [0.25, 0.3) is 11.8 Å². The van der Waals surface area contributed by atoms with Gasteiger partial charge in [-0.3, -0.25) is 9.48 Å². The molecule has 2 aliphatic rings. The van der Waals surface area contributed by atoms with Crippen LogP contribution >= 0.6 is 11.3 Å². The Morgan fingerprint density at radius 1 is 1.15 bits per heavy atom. The highest BCUT2D eigenvalue weighted by Gasteiger charge is 2.54. The molecule has 0 radical (unpaired) electrons. The lowest BCUT2D eigenvalue weighted by atomic mass is 9.61. The number of nitrogens with zero attached hydrogens (tertiary/aromatic N) is 7. The van der Waals surface area contributed by atoms with Crippen LogP contribution in [0.3, 0.4) is 0 Å². The second kappa shape index (κ2) is 12.9. The van der Waals surface area contributed by atoms with Crippen LogP contribution in [0.4, 0.5) is 17.6 Å². The number of Topliss-reactive ketones (excluding diaryl/α,β-unsaturated/α-hetero) is 1. The summed E-state index contributed by atoms with van der Waals surface area (Å²) in [4.78, 5) is 21.4. The molecule has 256 valence electrons. The molecule has 18 heteroatoms. The summed E-state index contributed by atoms with van der Waals surface area (Å²) in [6, 6.07) is 4.00. The number of methoxy groups -OCH3 is 2. The highest BCUT2D eigenvalue weighted by atomic mass is 32.2. The molecule has 3 heterocycles. The van der Waals surface area contributed by atoms with E-state index in [0.717, 1.165) is 0 Å². The molecule has 0 aliphatic heterocycles. The Kier molecular flexibility index (Phi) is 9.14. The zero-order valence-corrected chi connectivity index (χ0v) is 27.6. The maximum Gasteiger partial charge on any atom is 0.427 e. The van der Waals surface area contributed by atoms with Crippen molar-refractivity contribution in [3.05, 3.63) is 75.5 Å². The molecule has 0 bridgehead atoms. The number of aromatic nitrogens is 6. The average Bonchev–Trinajstić information content (AvgIpc) is 3.80. The van der Waals surface area contributed by atoms with Crippen LogP contribution in [-0.4, -0.2) is 87.6 Å². The minimum atomic E-state index is -4.70. The molecule has 1 saturated carbocycles. The highest BCUT2D eigenvalue weighted by Crippen LogP contribution is 2.52. The Hall–Kier alpha value is -3.84. The van der Waals surface area contributed by atoms with Gasteiger partial charge in [0.25, 0.3) is 15.2 Å². The summed E-state index contributed by atoms with van der Waals surface area (Å²) >= 11 is 0.250. The SMILES string of the molecule is COCC(COC)N([C@H]1CCC2=Cc3c(cnn3-c3ccc(F)cc3)C[C@]2(C(=O)c2ncc(C(F)(F)F)s2)C1)S(=O)(=O)c1ncn(C)n1. The second-order valence-corrected chi connectivity index (χ2v) is 14.5. The van der Waals surface area contributed by atoms with Gasteiger partial charge in [0.15, 0.2) is 5.01 Å². The largest absolute Gasteiger partial charge is 0.427 e. The van der Waals surface area contributed by atoms with Crippen LogP contribution in [0, 0.1) is 11.2 Å². The number of thiazole rings is 1. The number of allylic oxidation sites excluding steroid dienone is 1. The first-order valence-corrected chi connectivity index (χ1v) is 17.0. The van der Waals surface area contributed by atoms with Gasteiger partial charge in [-0.2, -0.15) is 22.6 Å². The smallest absolute Gasteiger partial charge is 0.383 e. The number of halogens is 4. The molecule has 0 amide bonds. The van der Waals surface area contributed by atoms with Crippen LogP contribution in [0.1, 0.15) is 45.2 Å². The molecule has 1 fully saturated rings. The summed E-state index contributed by atoms with van der Waals surface area (Å²) < 4.78 is 97.9. The van der Waals surface area contributed by atoms with Gasteiger partial charge < -0.3 is 9.47 Å². The van der Waals surface area contributed by atoms with Gasteiger partial charge >= 0.3 is 6.18 Å². The zero-order valence-electron chi connectivity index (χ0n) is 26.0. The van der Waals surface area contributed by atoms with Crippen molar-refractivity contribution >= 4 is 33.2 Å². The molecular formula is C30H31F4N7O5S2. The molecule has 6 rings (SSSR count). The van der Waals surface area contributed by atoms with E-state index in [9.17, 15) is 30.8 Å². The molecule has 2 atom stereocenters. The van der Waals surface area contributed by atoms with Crippen molar-refractivity contribution in [2.45, 2.75) is 49.1 Å². The summed E-state index contributed by atoms with van der Waals surface area (Å²) in [7, 11) is -0.0367. The number of carbonyl (C=O) groups excluding carboxylic acids is 1. The molecule has 1 aromatic carbocycles. The fourth-order valence-corrected chi connectivity index (χ4v) is 9.12. The van der Waals surface area contributed by atoms with Crippen molar-refractivity contribution in [3.63, 3.8) is 0 Å². The van der Waals surface area contributed by atoms with Gasteiger partial charge in [0.1, 0.15) is 17.0 Å². The summed E-state index contributed by atoms with van der Waals surface area (Å²) in [6.07, 6.45) is 0.916. The van der Waals surface area contributed by atoms with Gasteiger partial charge in [0, 0.05) is 27.3 Å². The summed E-state index contributed by atoms with van der Waals surface area (Å²) in [5, 5.41) is 7.74. The number of ether oxygens (including phenoxy) is 2. The second-order valence-electron chi connectivity index (χ2n) is 11.7. The minimum absolute atomic E-state index is 0.0145. The molecule has 0 spiro atoms. The topological polar surface area (TPSA) is 134 Å². The number of fused-ring (bicyclic) bond motifs is 2. The number of hydrogen-bond donors (Lipinski definition) is 0. The van der Waals surface area contributed by atoms with Gasteiger partial charge in [-0.15, -0.1) is 16.4 Å². The van der Waals surface area contributed by atoms with E-state index >= 15 is 0 Å². The van der Waals surface area contributed by atoms with E-state index in [0.29, 0.717) is 28.7 Å². The first-order chi connectivity index (χ1) is 22.8. The van der Waals surface area contributed by atoms with E-state index in [-0.39, 0.29) is 55.2 Å². The molecule has 3 aromatic heterocycles. The van der Waals surface area contributed by atoms with Crippen molar-refractivity contribution in [3.8, 4) is 5.69 Å². The Balaban J connectivity index is 1.48. The normalized spacial score (nSPS) is 19.8. The third kappa shape index (κ3) is 6.11. The molecule has 2 aliphatic carbocycles. The van der Waals surface area contributed by atoms with Gasteiger partial charge in [0.2, 0.25) is 5.78 Å². The lowest BCUT2D eigenvalue weighted by Crippen LogP contribution is -2.56. The quantitative estimate of drug-likeness (QED) is 0.165. The maximum atomic E-state index is 14.6. The predicted octanol–water partition coefficient (Wildman–Crippen LogP) is 4.33. The number of ketones is 1. The monoisotopic (exact) mass is 709 g/mol. The van der Waals surface area contributed by atoms with Crippen LogP contribution in [0.2, 0.25) is 0 Å². The van der Waals surface area contributed by atoms with Gasteiger partial charge in [-0.25, -0.2) is 27.5 Å². The van der Waals surface area contributed by atoms with Crippen molar-refractivity contribution in [2.75, 3.05) is 27.4 Å². The van der Waals surface area contributed by atoms with Gasteiger partial charge in [-0.05, 0) is 61.6 Å². The summed E-state index contributed by atoms with van der Waals surface area (Å²) in [5.41, 5.74) is 0.942. The van der Waals surface area contributed by atoms with E-state index in [1.54, 1.807) is 29.1 Å². The average molecular weight is 710 g/mol. The first kappa shape index (κ1) is 34.0. The van der Waals surface area contributed by atoms with E-state index in [4.69, 9.17) is 9.47 Å². The van der Waals surface area contributed by atoms with Crippen LogP contribution in [-0.2, 0) is 39.1 Å². The lowest BCUT2D eigenvalue weighted by Gasteiger charge is -2.47. The molecule has 0 saturated heterocycles. The van der Waals surface area contributed by atoms with Crippen LogP contribution in [0.15, 0.2) is 53.7 Å². The Labute approximate surface area is 277 Å². The molecule has 48 heavy (non-hydrogen) atoms. The molecular weight excluding hydrogens is 678 g/mol. The van der Waals surface area contributed by atoms with E-state index in [2.05, 4.69) is 20.2 Å². The van der Waals surface area contributed by atoms with E-state index < -0.39 is 55.3 Å². The molecule has 0 unspecified atom stereocenters.